The molecule has 0 aliphatic carbocycles. The first-order valence-corrected chi connectivity index (χ1v) is 4.30. The third kappa shape index (κ3) is 3.39. The summed E-state index contributed by atoms with van der Waals surface area (Å²) in [6.07, 6.45) is 1.72. The molecule has 12 heavy (non-hydrogen) atoms. The van der Waals surface area contributed by atoms with E-state index in [0.29, 0.717) is 0 Å². The molecule has 1 aromatic carbocycles. The number of para-hydroxylation sites is 1. The van der Waals surface area contributed by atoms with Crippen molar-refractivity contribution in [2.24, 2.45) is 0 Å². The lowest BCUT2D eigenvalue weighted by Crippen LogP contribution is -2.01. The van der Waals surface area contributed by atoms with Gasteiger partial charge in [0.1, 0.15) is 0 Å². The van der Waals surface area contributed by atoms with E-state index < -0.39 is 0 Å². The maximum absolute atomic E-state index is 10.1. The van der Waals surface area contributed by atoms with Gasteiger partial charge in [0, 0.05) is 12.2 Å². The Hall–Kier alpha value is -1.02. The maximum Gasteiger partial charge on any atom is 0.0823 e. The van der Waals surface area contributed by atoms with Crippen molar-refractivity contribution in [3.8, 4) is 0 Å². The van der Waals surface area contributed by atoms with Gasteiger partial charge in [-0.05, 0) is 25.0 Å². The Kier molecular flexibility index (Phi) is 4.24. The summed E-state index contributed by atoms with van der Waals surface area (Å²) in [5.74, 6) is 0. The molecule has 0 bridgehead atoms. The molecule has 0 unspecified atom stereocenters. The second-order valence-electron chi connectivity index (χ2n) is 2.70. The smallest absolute Gasteiger partial charge is 0.0823 e. The van der Waals surface area contributed by atoms with E-state index in [2.05, 4.69) is 5.32 Å². The Labute approximate surface area is 73.2 Å². The molecule has 65 valence electrons. The fourth-order valence-corrected chi connectivity index (χ4v) is 1.02. The van der Waals surface area contributed by atoms with Gasteiger partial charge in [0.05, 0.1) is 6.61 Å². The summed E-state index contributed by atoms with van der Waals surface area (Å²) in [6, 6.07) is 10.0. The molecule has 0 aromatic heterocycles. The summed E-state index contributed by atoms with van der Waals surface area (Å²) in [5.41, 5.74) is 1.13. The zero-order valence-corrected chi connectivity index (χ0v) is 7.12. The van der Waals surface area contributed by atoms with Crippen LogP contribution < -0.4 is 5.32 Å². The van der Waals surface area contributed by atoms with Crippen LogP contribution in [-0.4, -0.2) is 13.2 Å². The maximum atomic E-state index is 10.1. The van der Waals surface area contributed by atoms with E-state index in [-0.39, 0.29) is 6.61 Å². The van der Waals surface area contributed by atoms with Crippen LogP contribution in [0.2, 0.25) is 0 Å². The van der Waals surface area contributed by atoms with Crippen LogP contribution in [-0.2, 0) is 5.11 Å². The summed E-state index contributed by atoms with van der Waals surface area (Å²) < 4.78 is 0. The van der Waals surface area contributed by atoms with Crippen molar-refractivity contribution in [1.29, 1.82) is 0 Å². The summed E-state index contributed by atoms with van der Waals surface area (Å²) >= 11 is 0. The Balaban J connectivity index is 2.16. The highest BCUT2D eigenvalue weighted by Crippen LogP contribution is 2.04. The lowest BCUT2D eigenvalue weighted by molar-refractivity contribution is 0.188. The Bertz CT molecular complexity index is 198. The minimum atomic E-state index is 0.0382. The number of rotatable bonds is 5. The topological polar surface area (TPSA) is 31.9 Å². The molecule has 0 heterocycles. The Morgan fingerprint density at radius 3 is 2.50 bits per heavy atom. The van der Waals surface area contributed by atoms with Crippen LogP contribution in [0.3, 0.4) is 0 Å². The van der Waals surface area contributed by atoms with Crippen molar-refractivity contribution in [3.63, 3.8) is 0 Å². The van der Waals surface area contributed by atoms with Gasteiger partial charge < -0.3 is 5.32 Å². The number of hydrogen-bond acceptors (Lipinski definition) is 1. The van der Waals surface area contributed by atoms with E-state index in [1.807, 2.05) is 30.3 Å². The first-order valence-electron chi connectivity index (χ1n) is 4.30. The Morgan fingerprint density at radius 1 is 1.08 bits per heavy atom. The van der Waals surface area contributed by atoms with Crippen LogP contribution in [0.4, 0.5) is 5.69 Å². The molecule has 0 aliphatic rings. The van der Waals surface area contributed by atoms with E-state index in [1.165, 1.54) is 0 Å². The molecule has 0 fully saturated rings. The average Bonchev–Trinajstić information content (AvgIpc) is 2.14. The van der Waals surface area contributed by atoms with Gasteiger partial charge in [-0.25, -0.2) is 5.11 Å². The number of anilines is 1. The predicted molar refractivity (Wildman–Crippen MR) is 49.7 cm³/mol. The van der Waals surface area contributed by atoms with Gasteiger partial charge in [0.25, 0.3) is 0 Å². The largest absolute Gasteiger partial charge is 0.385 e. The summed E-state index contributed by atoms with van der Waals surface area (Å²) in [5, 5.41) is 13.4. The minimum Gasteiger partial charge on any atom is -0.385 e. The molecule has 1 aromatic rings. The molecule has 1 N–H and O–H groups in total. The van der Waals surface area contributed by atoms with Crippen LogP contribution in [0.25, 0.3) is 0 Å². The van der Waals surface area contributed by atoms with Gasteiger partial charge in [-0.1, -0.05) is 18.2 Å². The van der Waals surface area contributed by atoms with Gasteiger partial charge >= 0.3 is 0 Å². The SMILES string of the molecule is [O]CCCCNc1ccccc1. The van der Waals surface area contributed by atoms with Crippen LogP contribution in [0.15, 0.2) is 30.3 Å². The fraction of sp³-hybridized carbons (Fsp3) is 0.400. The van der Waals surface area contributed by atoms with Crippen LogP contribution in [0.5, 0.6) is 0 Å². The lowest BCUT2D eigenvalue weighted by Gasteiger charge is -2.03. The molecular weight excluding hydrogens is 150 g/mol. The molecule has 0 aliphatic heterocycles. The second kappa shape index (κ2) is 5.61. The summed E-state index contributed by atoms with van der Waals surface area (Å²) in [6.45, 7) is 0.933. The van der Waals surface area contributed by atoms with E-state index in [1.54, 1.807) is 0 Å². The summed E-state index contributed by atoms with van der Waals surface area (Å²) in [4.78, 5) is 0. The average molecular weight is 164 g/mol. The van der Waals surface area contributed by atoms with Crippen LogP contribution >= 0.6 is 0 Å². The van der Waals surface area contributed by atoms with E-state index in [4.69, 9.17) is 0 Å². The van der Waals surface area contributed by atoms with Gasteiger partial charge in [0.15, 0.2) is 0 Å². The van der Waals surface area contributed by atoms with Gasteiger partial charge in [-0.15, -0.1) is 0 Å². The number of benzene rings is 1. The molecule has 2 nitrogen and oxygen atoms in total. The molecule has 0 saturated heterocycles. The van der Waals surface area contributed by atoms with Gasteiger partial charge in [0.2, 0.25) is 0 Å². The molecular formula is C10H14NO. The zero-order valence-electron chi connectivity index (χ0n) is 7.12. The fourth-order valence-electron chi connectivity index (χ4n) is 1.02. The first-order chi connectivity index (χ1) is 5.93. The molecule has 0 amide bonds. The third-order valence-electron chi connectivity index (χ3n) is 1.67. The van der Waals surface area contributed by atoms with Gasteiger partial charge in [-0.3, -0.25) is 0 Å². The predicted octanol–water partition coefficient (Wildman–Crippen LogP) is 2.31. The van der Waals surface area contributed by atoms with E-state index >= 15 is 0 Å². The molecule has 0 atom stereocenters. The minimum absolute atomic E-state index is 0.0382. The standard InChI is InChI=1S/C10H14NO/c12-9-5-4-8-11-10-6-2-1-3-7-10/h1-3,6-7,11H,4-5,8-9H2. The Morgan fingerprint density at radius 2 is 1.83 bits per heavy atom. The summed E-state index contributed by atoms with van der Waals surface area (Å²) in [7, 11) is 0. The molecule has 1 radical (unpaired) electrons. The number of hydrogen-bond donors (Lipinski definition) is 1. The first kappa shape index (κ1) is 9.07. The van der Waals surface area contributed by atoms with Crippen LogP contribution in [0.1, 0.15) is 12.8 Å². The van der Waals surface area contributed by atoms with E-state index in [0.717, 1.165) is 25.1 Å². The number of unbranched alkanes of at least 4 members (excludes halogenated alkanes) is 1. The van der Waals surface area contributed by atoms with Crippen molar-refractivity contribution in [3.05, 3.63) is 30.3 Å². The quantitative estimate of drug-likeness (QED) is 0.665. The highest BCUT2D eigenvalue weighted by molar-refractivity contribution is 5.42. The normalized spacial score (nSPS) is 9.75. The highest BCUT2D eigenvalue weighted by atomic mass is 16.2. The van der Waals surface area contributed by atoms with Crippen molar-refractivity contribution in [1.82, 2.24) is 0 Å². The van der Waals surface area contributed by atoms with Crippen molar-refractivity contribution < 1.29 is 5.11 Å². The third-order valence-corrected chi connectivity index (χ3v) is 1.67. The highest BCUT2D eigenvalue weighted by Gasteiger charge is 1.88. The monoisotopic (exact) mass is 164 g/mol. The molecule has 0 spiro atoms. The zero-order chi connectivity index (χ0) is 8.65. The molecule has 1 rings (SSSR count). The van der Waals surface area contributed by atoms with Crippen molar-refractivity contribution >= 4 is 5.69 Å². The van der Waals surface area contributed by atoms with Crippen molar-refractivity contribution in [2.75, 3.05) is 18.5 Å². The number of nitrogens with one attached hydrogen (secondary N) is 1. The van der Waals surface area contributed by atoms with Crippen molar-refractivity contribution in [2.45, 2.75) is 12.8 Å². The molecule has 0 saturated carbocycles. The lowest BCUT2D eigenvalue weighted by atomic mass is 10.3. The van der Waals surface area contributed by atoms with Gasteiger partial charge in [-0.2, -0.15) is 0 Å². The van der Waals surface area contributed by atoms with Crippen LogP contribution in [0, 0.1) is 0 Å². The molecule has 2 heteroatoms. The van der Waals surface area contributed by atoms with E-state index in [9.17, 15) is 5.11 Å². The second-order valence-corrected chi connectivity index (χ2v) is 2.70.